The summed E-state index contributed by atoms with van der Waals surface area (Å²) in [4.78, 5) is 0. The van der Waals surface area contributed by atoms with Crippen LogP contribution < -0.4 is 5.73 Å². The van der Waals surface area contributed by atoms with Gasteiger partial charge in [0.1, 0.15) is 0 Å². The average molecular weight is 257 g/mol. The Balaban J connectivity index is 2.21. The van der Waals surface area contributed by atoms with Crippen molar-refractivity contribution in [2.24, 2.45) is 5.73 Å². The monoisotopic (exact) mass is 257 g/mol. The summed E-state index contributed by atoms with van der Waals surface area (Å²) in [5.74, 6) is 0.302. The second kappa shape index (κ2) is 4.10. The van der Waals surface area contributed by atoms with Crippen molar-refractivity contribution < 1.29 is 8.42 Å². The van der Waals surface area contributed by atoms with Gasteiger partial charge in [0, 0.05) is 24.2 Å². The number of rotatable bonds is 3. The van der Waals surface area contributed by atoms with Crippen LogP contribution in [0.1, 0.15) is 24.7 Å². The maximum atomic E-state index is 11.5. The molecule has 1 aliphatic heterocycles. The topological polar surface area (TPSA) is 78.0 Å². The summed E-state index contributed by atoms with van der Waals surface area (Å²) < 4.78 is 24.9. The van der Waals surface area contributed by atoms with Gasteiger partial charge in [0.25, 0.3) is 0 Å². The molecule has 2 N–H and O–H groups in total. The van der Waals surface area contributed by atoms with E-state index < -0.39 is 15.4 Å². The molecular formula is C11H19N3O2S. The Bertz CT molecular complexity index is 521. The van der Waals surface area contributed by atoms with Gasteiger partial charge in [-0.3, -0.25) is 4.68 Å². The first-order valence-corrected chi connectivity index (χ1v) is 7.68. The first-order chi connectivity index (χ1) is 7.84. The van der Waals surface area contributed by atoms with Crippen molar-refractivity contribution in [3.63, 3.8) is 0 Å². The zero-order chi connectivity index (χ0) is 12.7. The highest BCUT2D eigenvalue weighted by molar-refractivity contribution is 7.91. The number of aryl methyl sites for hydroxylation is 2. The predicted molar refractivity (Wildman–Crippen MR) is 66.5 cm³/mol. The van der Waals surface area contributed by atoms with Gasteiger partial charge < -0.3 is 5.73 Å². The molecule has 1 aromatic rings. The first kappa shape index (κ1) is 12.6. The lowest BCUT2D eigenvalue weighted by molar-refractivity contribution is 0.453. The first-order valence-electron chi connectivity index (χ1n) is 5.86. The molecule has 2 heterocycles. The lowest BCUT2D eigenvalue weighted by atomic mass is 9.94. The maximum Gasteiger partial charge on any atom is 0.152 e. The van der Waals surface area contributed by atoms with Gasteiger partial charge in [-0.25, -0.2) is 8.42 Å². The zero-order valence-electron chi connectivity index (χ0n) is 10.3. The second-order valence-corrected chi connectivity index (χ2v) is 7.16. The van der Waals surface area contributed by atoms with Gasteiger partial charge in [0.15, 0.2) is 9.84 Å². The molecule has 2 rings (SSSR count). The maximum absolute atomic E-state index is 11.5. The Morgan fingerprint density at radius 2 is 2.29 bits per heavy atom. The molecule has 1 saturated heterocycles. The molecule has 17 heavy (non-hydrogen) atoms. The summed E-state index contributed by atoms with van der Waals surface area (Å²) >= 11 is 0. The minimum absolute atomic E-state index is 0.0912. The lowest BCUT2D eigenvalue weighted by Gasteiger charge is -2.22. The molecule has 1 atom stereocenters. The molecule has 0 aliphatic carbocycles. The van der Waals surface area contributed by atoms with Crippen LogP contribution in [0.2, 0.25) is 0 Å². The van der Waals surface area contributed by atoms with E-state index in [2.05, 4.69) is 5.10 Å². The highest BCUT2D eigenvalue weighted by atomic mass is 32.2. The molecule has 0 saturated carbocycles. The third-order valence-electron chi connectivity index (χ3n) is 3.24. The molecule has 0 radical (unpaired) electrons. The van der Waals surface area contributed by atoms with Crippen LogP contribution in [-0.4, -0.2) is 35.2 Å². The second-order valence-electron chi connectivity index (χ2n) is 4.97. The summed E-state index contributed by atoms with van der Waals surface area (Å²) in [6.07, 6.45) is 1.13. The van der Waals surface area contributed by atoms with Gasteiger partial charge in [0.2, 0.25) is 0 Å². The number of sulfone groups is 1. The van der Waals surface area contributed by atoms with E-state index in [1.54, 1.807) is 0 Å². The highest BCUT2D eigenvalue weighted by Crippen LogP contribution is 2.25. The van der Waals surface area contributed by atoms with Gasteiger partial charge in [0.05, 0.1) is 17.2 Å². The highest BCUT2D eigenvalue weighted by Gasteiger charge is 2.39. The van der Waals surface area contributed by atoms with Crippen LogP contribution in [0.4, 0.5) is 0 Å². The molecule has 96 valence electrons. The summed E-state index contributed by atoms with van der Waals surface area (Å²) in [5.41, 5.74) is 7.55. The van der Waals surface area contributed by atoms with Gasteiger partial charge in [-0.1, -0.05) is 0 Å². The minimum Gasteiger partial charge on any atom is -0.324 e. The van der Waals surface area contributed by atoms with Gasteiger partial charge in [-0.2, -0.15) is 5.10 Å². The molecule has 5 nitrogen and oxygen atoms in total. The van der Waals surface area contributed by atoms with Crippen molar-refractivity contribution in [1.29, 1.82) is 0 Å². The fraction of sp³-hybridized carbons (Fsp3) is 0.727. The van der Waals surface area contributed by atoms with E-state index in [9.17, 15) is 8.42 Å². The van der Waals surface area contributed by atoms with E-state index in [-0.39, 0.29) is 11.5 Å². The largest absolute Gasteiger partial charge is 0.324 e. The van der Waals surface area contributed by atoms with E-state index in [4.69, 9.17) is 5.73 Å². The van der Waals surface area contributed by atoms with Crippen LogP contribution >= 0.6 is 0 Å². The average Bonchev–Trinajstić information content (AvgIpc) is 2.67. The summed E-state index contributed by atoms with van der Waals surface area (Å²) in [5, 5.41) is 4.35. The zero-order valence-corrected chi connectivity index (χ0v) is 11.1. The molecule has 1 unspecified atom stereocenters. The van der Waals surface area contributed by atoms with E-state index in [1.165, 1.54) is 0 Å². The van der Waals surface area contributed by atoms with Crippen molar-refractivity contribution in [2.45, 2.75) is 38.8 Å². The van der Waals surface area contributed by atoms with Crippen LogP contribution in [0.25, 0.3) is 0 Å². The van der Waals surface area contributed by atoms with Gasteiger partial charge in [-0.15, -0.1) is 0 Å². The van der Waals surface area contributed by atoms with Crippen molar-refractivity contribution in [3.05, 3.63) is 17.5 Å². The third kappa shape index (κ3) is 2.69. The van der Waals surface area contributed by atoms with E-state index in [0.717, 1.165) is 17.9 Å². The molecular weight excluding hydrogens is 238 g/mol. The smallest absolute Gasteiger partial charge is 0.152 e. The fourth-order valence-electron chi connectivity index (χ4n) is 2.46. The molecule has 1 aliphatic rings. The molecule has 0 amide bonds. The van der Waals surface area contributed by atoms with Crippen LogP contribution in [0.5, 0.6) is 0 Å². The van der Waals surface area contributed by atoms with Crippen molar-refractivity contribution >= 4 is 9.84 Å². The number of nitrogens with two attached hydrogens (primary N) is 1. The van der Waals surface area contributed by atoms with Crippen molar-refractivity contribution in [3.8, 4) is 0 Å². The Labute approximate surface area is 102 Å². The van der Waals surface area contributed by atoms with E-state index in [0.29, 0.717) is 12.8 Å². The molecule has 1 fully saturated rings. The number of aromatic nitrogens is 2. The van der Waals surface area contributed by atoms with Gasteiger partial charge >= 0.3 is 0 Å². The molecule has 0 spiro atoms. The normalized spacial score (nSPS) is 27.5. The Morgan fingerprint density at radius 3 is 2.82 bits per heavy atom. The van der Waals surface area contributed by atoms with E-state index in [1.807, 2.05) is 24.6 Å². The van der Waals surface area contributed by atoms with Crippen molar-refractivity contribution in [1.82, 2.24) is 9.78 Å². The minimum atomic E-state index is -2.94. The number of hydrogen-bond acceptors (Lipinski definition) is 4. The number of hydrogen-bond donors (Lipinski definition) is 1. The Kier molecular flexibility index (Phi) is 3.03. The number of nitrogens with zero attached hydrogens (tertiary/aromatic N) is 2. The van der Waals surface area contributed by atoms with Crippen LogP contribution in [0.15, 0.2) is 6.07 Å². The summed E-state index contributed by atoms with van der Waals surface area (Å²) in [7, 11) is -2.94. The molecule has 0 aromatic carbocycles. The Morgan fingerprint density at radius 1 is 1.59 bits per heavy atom. The fourth-order valence-corrected chi connectivity index (χ4v) is 4.44. The van der Waals surface area contributed by atoms with Crippen LogP contribution in [-0.2, 0) is 22.8 Å². The van der Waals surface area contributed by atoms with Crippen LogP contribution in [0, 0.1) is 6.92 Å². The Hall–Kier alpha value is -0.880. The predicted octanol–water partition coefficient (Wildman–Crippen LogP) is 0.270. The van der Waals surface area contributed by atoms with Crippen molar-refractivity contribution in [2.75, 3.05) is 11.5 Å². The van der Waals surface area contributed by atoms with Crippen LogP contribution in [0.3, 0.4) is 0 Å². The summed E-state index contributed by atoms with van der Waals surface area (Å²) in [6, 6.07) is 1.99. The summed E-state index contributed by atoms with van der Waals surface area (Å²) in [6.45, 7) is 4.74. The third-order valence-corrected chi connectivity index (χ3v) is 5.08. The molecule has 0 bridgehead atoms. The van der Waals surface area contributed by atoms with E-state index >= 15 is 0 Å². The SMILES string of the molecule is CCn1nc(C)cc1CC1(N)CCS(=O)(=O)C1. The molecule has 1 aromatic heterocycles. The lowest BCUT2D eigenvalue weighted by Crippen LogP contribution is -2.43. The van der Waals surface area contributed by atoms with Gasteiger partial charge in [-0.05, 0) is 26.3 Å². The quantitative estimate of drug-likeness (QED) is 0.843. The molecule has 6 heteroatoms. The standard InChI is InChI=1S/C11H19N3O2S/c1-3-14-10(6-9(2)13-14)7-11(12)4-5-17(15,16)8-11/h6H,3-5,7-8,12H2,1-2H3.